The first-order valence-electron chi connectivity index (χ1n) is 8.74. The number of likely N-dealkylation sites (N-methyl/N-ethyl adjacent to an activating group) is 1. The van der Waals surface area contributed by atoms with Crippen LogP contribution in [0.1, 0.15) is 6.23 Å². The highest BCUT2D eigenvalue weighted by molar-refractivity contribution is 5.75. The van der Waals surface area contributed by atoms with E-state index in [4.69, 9.17) is 10.5 Å². The third kappa shape index (κ3) is 2.95. The molecule has 4 heterocycles. The number of imidazole rings is 1. The van der Waals surface area contributed by atoms with Crippen LogP contribution in [0.25, 0.3) is 11.2 Å². The zero-order valence-electron chi connectivity index (χ0n) is 14.8. The highest BCUT2D eigenvalue weighted by Crippen LogP contribution is 2.35. The number of nitrogens with one attached hydrogen (secondary N) is 1. The van der Waals surface area contributed by atoms with Crippen LogP contribution in [0.5, 0.6) is 0 Å². The third-order valence-electron chi connectivity index (χ3n) is 5.11. The number of fused-ring (bicyclic) bond motifs is 1. The molecule has 0 unspecified atom stereocenters. The molecule has 0 bridgehead atoms. The Morgan fingerprint density at radius 3 is 2.56 bits per heavy atom. The van der Waals surface area contributed by atoms with Gasteiger partial charge in [0.15, 0.2) is 17.4 Å². The first-order valence-corrected chi connectivity index (χ1v) is 8.74. The van der Waals surface area contributed by atoms with Gasteiger partial charge in [-0.05, 0) is 7.05 Å². The second kappa shape index (κ2) is 6.73. The topological polar surface area (TPSA) is 166 Å². The molecule has 6 N–H and O–H groups in total. The van der Waals surface area contributed by atoms with Crippen LogP contribution in [0.2, 0.25) is 0 Å². The monoisotopic (exact) mass is 381 g/mol. The Labute approximate surface area is 153 Å². The van der Waals surface area contributed by atoms with Crippen LogP contribution in [0.15, 0.2) is 4.79 Å². The van der Waals surface area contributed by atoms with Crippen LogP contribution >= 0.6 is 0 Å². The van der Waals surface area contributed by atoms with Crippen LogP contribution in [0, 0.1) is 0 Å². The highest BCUT2D eigenvalue weighted by Gasteiger charge is 2.45. The van der Waals surface area contributed by atoms with Gasteiger partial charge in [-0.1, -0.05) is 0 Å². The van der Waals surface area contributed by atoms with Gasteiger partial charge in [0.1, 0.15) is 18.3 Å². The fraction of sp³-hybridized carbons (Fsp3) is 0.667. The lowest BCUT2D eigenvalue weighted by molar-refractivity contribution is -0.0505. The molecule has 12 heteroatoms. The Morgan fingerprint density at radius 1 is 1.22 bits per heavy atom. The first-order chi connectivity index (χ1) is 12.9. The van der Waals surface area contributed by atoms with Gasteiger partial charge < -0.3 is 35.6 Å². The predicted molar refractivity (Wildman–Crippen MR) is 95.3 cm³/mol. The van der Waals surface area contributed by atoms with Gasteiger partial charge in [-0.25, -0.2) is 4.98 Å². The molecular formula is C15H23N7O5. The van der Waals surface area contributed by atoms with Crippen molar-refractivity contribution in [3.8, 4) is 0 Å². The standard InChI is InChI=1S/C15H23N7O5/c1-20-2-4-21(5-3-20)15-17-8-11(18-14(16)19-12(8)26)22(15)13-10(25)9(24)7(6-23)27-13/h7,9-10,13,23-25H,2-6H2,1H3,(H3,16,18,19,26)/t7-,9+,10+,13-/m1/s1. The van der Waals surface area contributed by atoms with Gasteiger partial charge in [0.05, 0.1) is 6.61 Å². The molecule has 12 nitrogen and oxygen atoms in total. The second-order valence-electron chi connectivity index (χ2n) is 6.92. The van der Waals surface area contributed by atoms with Crippen molar-refractivity contribution in [2.75, 3.05) is 50.5 Å². The van der Waals surface area contributed by atoms with Crippen molar-refractivity contribution in [3.05, 3.63) is 10.4 Å². The van der Waals surface area contributed by atoms with Crippen LogP contribution in [0.4, 0.5) is 11.9 Å². The summed E-state index contributed by atoms with van der Waals surface area (Å²) in [6.45, 7) is 2.45. The van der Waals surface area contributed by atoms with E-state index in [1.165, 1.54) is 4.57 Å². The number of nitrogen functional groups attached to an aromatic ring is 1. The second-order valence-corrected chi connectivity index (χ2v) is 6.92. The summed E-state index contributed by atoms with van der Waals surface area (Å²) in [6, 6.07) is 0. The van der Waals surface area contributed by atoms with Gasteiger partial charge in [-0.3, -0.25) is 14.3 Å². The van der Waals surface area contributed by atoms with Crippen molar-refractivity contribution in [1.82, 2.24) is 24.4 Å². The molecule has 148 valence electrons. The Hall–Kier alpha value is -2.25. The lowest BCUT2D eigenvalue weighted by atomic mass is 10.1. The number of hydrogen-bond acceptors (Lipinski definition) is 10. The van der Waals surface area contributed by atoms with Crippen LogP contribution in [-0.4, -0.2) is 97.9 Å². The number of hydrogen-bond donors (Lipinski definition) is 5. The van der Waals surface area contributed by atoms with E-state index in [-0.39, 0.29) is 17.1 Å². The molecule has 0 aliphatic carbocycles. The molecule has 0 saturated carbocycles. The number of anilines is 2. The molecule has 2 fully saturated rings. The van der Waals surface area contributed by atoms with E-state index in [0.29, 0.717) is 19.0 Å². The Balaban J connectivity index is 1.86. The lowest BCUT2D eigenvalue weighted by Crippen LogP contribution is -2.46. The van der Waals surface area contributed by atoms with Crippen molar-refractivity contribution < 1.29 is 20.1 Å². The average molecular weight is 381 g/mol. The van der Waals surface area contributed by atoms with Gasteiger partial charge >= 0.3 is 0 Å². The summed E-state index contributed by atoms with van der Waals surface area (Å²) >= 11 is 0. The van der Waals surface area contributed by atoms with Crippen LogP contribution in [0.3, 0.4) is 0 Å². The summed E-state index contributed by atoms with van der Waals surface area (Å²) < 4.78 is 7.14. The number of rotatable bonds is 3. The van der Waals surface area contributed by atoms with Gasteiger partial charge in [-0.2, -0.15) is 4.98 Å². The molecule has 2 aliphatic rings. The lowest BCUT2D eigenvalue weighted by Gasteiger charge is -2.34. The zero-order chi connectivity index (χ0) is 19.3. The number of ether oxygens (including phenoxy) is 1. The van der Waals surface area contributed by atoms with E-state index < -0.39 is 36.7 Å². The fourth-order valence-electron chi connectivity index (χ4n) is 3.55. The molecule has 0 spiro atoms. The summed E-state index contributed by atoms with van der Waals surface area (Å²) in [4.78, 5) is 27.5. The number of nitrogens with two attached hydrogens (primary N) is 1. The maximum Gasteiger partial charge on any atom is 0.280 e. The minimum absolute atomic E-state index is 0.0656. The average Bonchev–Trinajstić information content (AvgIpc) is 3.14. The molecule has 2 aromatic heterocycles. The van der Waals surface area contributed by atoms with Crippen molar-refractivity contribution in [1.29, 1.82) is 0 Å². The molecule has 2 aromatic rings. The maximum absolute atomic E-state index is 12.3. The summed E-state index contributed by atoms with van der Waals surface area (Å²) in [7, 11) is 2.01. The highest BCUT2D eigenvalue weighted by atomic mass is 16.6. The SMILES string of the molecule is CN1CCN(c2nc3c(=O)[nH]c(N)nc3n2[C@@H]2O[C@H](CO)[C@H](O)[C@@H]2O)CC1. The first kappa shape index (κ1) is 18.1. The molecule has 0 amide bonds. The quantitative estimate of drug-likeness (QED) is 0.371. The predicted octanol–water partition coefficient (Wildman–Crippen LogP) is -2.93. The van der Waals surface area contributed by atoms with E-state index in [9.17, 15) is 20.1 Å². The normalized spacial score (nSPS) is 29.7. The van der Waals surface area contributed by atoms with Gasteiger partial charge in [0.2, 0.25) is 11.9 Å². The van der Waals surface area contributed by atoms with E-state index in [1.807, 2.05) is 11.9 Å². The minimum atomic E-state index is -1.33. The summed E-state index contributed by atoms with van der Waals surface area (Å²) in [6.07, 6.45) is -4.63. The maximum atomic E-state index is 12.3. The largest absolute Gasteiger partial charge is 0.394 e. The smallest absolute Gasteiger partial charge is 0.280 e. The number of nitrogens with zero attached hydrogens (tertiary/aromatic N) is 5. The van der Waals surface area contributed by atoms with E-state index in [1.54, 1.807) is 0 Å². The Bertz CT molecular complexity index is 891. The number of H-pyrrole nitrogens is 1. The Kier molecular flexibility index (Phi) is 4.52. The van der Waals surface area contributed by atoms with Gasteiger partial charge in [0.25, 0.3) is 5.56 Å². The molecule has 4 atom stereocenters. The number of piperazine rings is 1. The van der Waals surface area contributed by atoms with Crippen molar-refractivity contribution >= 4 is 23.1 Å². The molecule has 4 rings (SSSR count). The minimum Gasteiger partial charge on any atom is -0.394 e. The number of aromatic nitrogens is 4. The molecule has 2 saturated heterocycles. The number of aromatic amines is 1. The Morgan fingerprint density at radius 2 is 1.93 bits per heavy atom. The van der Waals surface area contributed by atoms with Gasteiger partial charge in [0, 0.05) is 26.2 Å². The van der Waals surface area contributed by atoms with E-state index in [0.717, 1.165) is 13.1 Å². The molecule has 2 aliphatic heterocycles. The number of aliphatic hydroxyl groups excluding tert-OH is 3. The van der Waals surface area contributed by atoms with Crippen molar-refractivity contribution in [3.63, 3.8) is 0 Å². The molecular weight excluding hydrogens is 358 g/mol. The van der Waals surface area contributed by atoms with Gasteiger partial charge in [-0.15, -0.1) is 0 Å². The van der Waals surface area contributed by atoms with Crippen LogP contribution < -0.4 is 16.2 Å². The fourth-order valence-corrected chi connectivity index (χ4v) is 3.55. The summed E-state index contributed by atoms with van der Waals surface area (Å²) in [5.41, 5.74) is 5.41. The van der Waals surface area contributed by atoms with E-state index in [2.05, 4.69) is 19.9 Å². The molecule has 0 radical (unpaired) electrons. The van der Waals surface area contributed by atoms with Crippen molar-refractivity contribution in [2.45, 2.75) is 24.5 Å². The number of aliphatic hydroxyl groups is 3. The summed E-state index contributed by atoms with van der Waals surface area (Å²) in [5, 5.41) is 30.0. The molecule has 0 aromatic carbocycles. The van der Waals surface area contributed by atoms with Crippen molar-refractivity contribution in [2.24, 2.45) is 0 Å². The molecule has 27 heavy (non-hydrogen) atoms. The summed E-state index contributed by atoms with van der Waals surface area (Å²) in [5.74, 6) is 0.307. The zero-order valence-corrected chi connectivity index (χ0v) is 14.8. The van der Waals surface area contributed by atoms with E-state index >= 15 is 0 Å². The third-order valence-corrected chi connectivity index (χ3v) is 5.11. The van der Waals surface area contributed by atoms with Crippen LogP contribution in [-0.2, 0) is 4.74 Å².